The number of rotatable bonds is 9. The van der Waals surface area contributed by atoms with Crippen molar-refractivity contribution in [2.24, 2.45) is 5.73 Å². The van der Waals surface area contributed by atoms with Gasteiger partial charge in [0.15, 0.2) is 9.84 Å². The van der Waals surface area contributed by atoms with Crippen LogP contribution < -0.4 is 5.73 Å². The highest BCUT2D eigenvalue weighted by atomic mass is 32.2. The number of nitrogens with zero attached hydrogens (tertiary/aromatic N) is 1. The van der Waals surface area contributed by atoms with Gasteiger partial charge in [0.1, 0.15) is 0 Å². The largest absolute Gasteiger partial charge is 0.395 e. The van der Waals surface area contributed by atoms with E-state index in [1.807, 2.05) is 0 Å². The van der Waals surface area contributed by atoms with Crippen molar-refractivity contribution < 1.29 is 22.3 Å². The van der Waals surface area contributed by atoms with E-state index < -0.39 is 22.8 Å². The first-order chi connectivity index (χ1) is 9.89. The lowest BCUT2D eigenvalue weighted by Crippen LogP contribution is -2.35. The second kappa shape index (κ2) is 8.38. The Hall–Kier alpha value is -1.09. The van der Waals surface area contributed by atoms with Crippen molar-refractivity contribution in [3.63, 3.8) is 0 Å². The molecule has 0 atom stereocenters. The van der Waals surface area contributed by atoms with Crippen LogP contribution in [-0.2, 0) is 16.4 Å². The van der Waals surface area contributed by atoms with Crippen LogP contribution in [0.25, 0.3) is 0 Å². The first-order valence-corrected chi connectivity index (χ1v) is 8.17. The molecule has 3 N–H and O–H groups in total. The van der Waals surface area contributed by atoms with Gasteiger partial charge in [-0.3, -0.25) is 4.90 Å². The van der Waals surface area contributed by atoms with Gasteiger partial charge in [-0.25, -0.2) is 17.2 Å². The number of aliphatic hydroxyl groups is 1. The second-order valence-corrected chi connectivity index (χ2v) is 6.69. The molecule has 0 spiro atoms. The number of nitrogens with two attached hydrogens (primary N) is 1. The lowest BCUT2D eigenvalue weighted by molar-refractivity contribution is 0.0815. The Labute approximate surface area is 123 Å². The third kappa shape index (κ3) is 6.04. The van der Waals surface area contributed by atoms with Crippen LogP contribution in [0.1, 0.15) is 5.56 Å². The summed E-state index contributed by atoms with van der Waals surface area (Å²) in [4.78, 5) is 1.37. The van der Waals surface area contributed by atoms with Gasteiger partial charge in [0, 0.05) is 19.6 Å². The number of sulfone groups is 1. The summed E-state index contributed by atoms with van der Waals surface area (Å²) in [6.45, 7) is -0.559. The number of halogens is 2. The first kappa shape index (κ1) is 18.0. The predicted octanol–water partition coefficient (Wildman–Crippen LogP) is 0.478. The predicted molar refractivity (Wildman–Crippen MR) is 75.9 cm³/mol. The van der Waals surface area contributed by atoms with Gasteiger partial charge >= 0.3 is 0 Å². The van der Waals surface area contributed by atoms with Gasteiger partial charge in [0.25, 0.3) is 6.43 Å². The van der Waals surface area contributed by atoms with Crippen molar-refractivity contribution >= 4 is 9.84 Å². The average Bonchev–Trinajstić information content (AvgIpc) is 2.45. The van der Waals surface area contributed by atoms with Crippen LogP contribution in [0.3, 0.4) is 0 Å². The Morgan fingerprint density at radius 3 is 2.29 bits per heavy atom. The van der Waals surface area contributed by atoms with Crippen LogP contribution in [0, 0.1) is 0 Å². The molecule has 21 heavy (non-hydrogen) atoms. The molecule has 5 nitrogen and oxygen atoms in total. The van der Waals surface area contributed by atoms with Gasteiger partial charge < -0.3 is 10.8 Å². The summed E-state index contributed by atoms with van der Waals surface area (Å²) in [6, 6.07) is 6.16. The van der Waals surface area contributed by atoms with E-state index >= 15 is 0 Å². The van der Waals surface area contributed by atoms with Gasteiger partial charge in [-0.05, 0) is 17.7 Å². The van der Waals surface area contributed by atoms with Crippen LogP contribution in [0.2, 0.25) is 0 Å². The summed E-state index contributed by atoms with van der Waals surface area (Å²) in [5, 5.41) is 8.81. The van der Waals surface area contributed by atoms with E-state index in [2.05, 4.69) is 0 Å². The lowest BCUT2D eigenvalue weighted by atomic mass is 10.2. The normalized spacial score (nSPS) is 12.3. The fourth-order valence-electron chi connectivity index (χ4n) is 1.83. The van der Waals surface area contributed by atoms with Crippen molar-refractivity contribution in [2.75, 3.05) is 32.0 Å². The summed E-state index contributed by atoms with van der Waals surface area (Å²) in [7, 11) is -3.54. The van der Waals surface area contributed by atoms with Crippen molar-refractivity contribution in [1.29, 1.82) is 0 Å². The molecule has 0 bridgehead atoms. The Balaban J connectivity index is 2.69. The summed E-state index contributed by atoms with van der Waals surface area (Å²) in [5.41, 5.74) is 6.25. The molecule has 0 heterocycles. The molecule has 0 aliphatic carbocycles. The minimum atomic E-state index is -3.54. The Morgan fingerprint density at radius 2 is 1.81 bits per heavy atom. The molecular formula is C13H20F2N2O3S. The van der Waals surface area contributed by atoms with E-state index in [9.17, 15) is 17.2 Å². The van der Waals surface area contributed by atoms with E-state index in [4.69, 9.17) is 10.8 Å². The van der Waals surface area contributed by atoms with E-state index in [1.54, 1.807) is 12.1 Å². The first-order valence-electron chi connectivity index (χ1n) is 6.52. The van der Waals surface area contributed by atoms with E-state index in [0.29, 0.717) is 6.54 Å². The summed E-state index contributed by atoms with van der Waals surface area (Å²) < 4.78 is 48.9. The molecule has 1 aromatic carbocycles. The van der Waals surface area contributed by atoms with Crippen molar-refractivity contribution in [3.05, 3.63) is 29.8 Å². The molecule has 0 aromatic heterocycles. The maximum Gasteiger partial charge on any atom is 0.251 e. The van der Waals surface area contributed by atoms with E-state index in [0.717, 1.165) is 5.56 Å². The standard InChI is InChI=1S/C13H20F2N2O3S/c14-13(15)10-17(5-7-18)6-8-21(19,20)12-3-1-11(9-16)2-4-12/h1-4,13,18H,5-10,16H2. The van der Waals surface area contributed by atoms with Crippen molar-refractivity contribution in [1.82, 2.24) is 4.90 Å². The minimum Gasteiger partial charge on any atom is -0.395 e. The maximum atomic E-state index is 12.3. The van der Waals surface area contributed by atoms with E-state index in [1.165, 1.54) is 17.0 Å². The quantitative estimate of drug-likeness (QED) is 0.691. The molecule has 0 amide bonds. The maximum absolute atomic E-state index is 12.3. The SMILES string of the molecule is NCc1ccc(S(=O)(=O)CCN(CCO)CC(F)F)cc1. The zero-order valence-corrected chi connectivity index (χ0v) is 12.4. The van der Waals surface area contributed by atoms with Crippen LogP contribution in [-0.4, -0.2) is 56.8 Å². The monoisotopic (exact) mass is 322 g/mol. The lowest BCUT2D eigenvalue weighted by Gasteiger charge is -2.20. The molecule has 8 heteroatoms. The molecule has 0 unspecified atom stereocenters. The van der Waals surface area contributed by atoms with Crippen LogP contribution >= 0.6 is 0 Å². The number of hydrogen-bond donors (Lipinski definition) is 2. The zero-order valence-electron chi connectivity index (χ0n) is 11.6. The number of hydrogen-bond acceptors (Lipinski definition) is 5. The molecule has 0 saturated carbocycles. The van der Waals surface area contributed by atoms with Crippen LogP contribution in [0.4, 0.5) is 8.78 Å². The molecule has 0 saturated heterocycles. The number of benzene rings is 1. The average molecular weight is 322 g/mol. The molecule has 1 rings (SSSR count). The molecule has 0 aliphatic rings. The fraction of sp³-hybridized carbons (Fsp3) is 0.538. The van der Waals surface area contributed by atoms with Gasteiger partial charge in [0.05, 0.1) is 23.8 Å². The third-order valence-electron chi connectivity index (χ3n) is 3.01. The number of aliphatic hydroxyl groups excluding tert-OH is 1. The highest BCUT2D eigenvalue weighted by Crippen LogP contribution is 2.13. The third-order valence-corrected chi connectivity index (χ3v) is 4.72. The summed E-state index contributed by atoms with van der Waals surface area (Å²) in [6.07, 6.45) is -2.57. The Morgan fingerprint density at radius 1 is 1.19 bits per heavy atom. The molecule has 0 aliphatic heterocycles. The smallest absolute Gasteiger partial charge is 0.251 e. The minimum absolute atomic E-state index is 0.0198. The van der Waals surface area contributed by atoms with Crippen LogP contribution in [0.5, 0.6) is 0 Å². The van der Waals surface area contributed by atoms with Crippen molar-refractivity contribution in [3.8, 4) is 0 Å². The summed E-state index contributed by atoms with van der Waals surface area (Å²) >= 11 is 0. The van der Waals surface area contributed by atoms with Gasteiger partial charge in [-0.15, -0.1) is 0 Å². The fourth-order valence-corrected chi connectivity index (χ4v) is 3.12. The van der Waals surface area contributed by atoms with Gasteiger partial charge in [0.2, 0.25) is 0 Å². The topological polar surface area (TPSA) is 83.6 Å². The highest BCUT2D eigenvalue weighted by Gasteiger charge is 2.18. The Bertz CT molecular complexity index is 521. The van der Waals surface area contributed by atoms with Crippen molar-refractivity contribution in [2.45, 2.75) is 17.9 Å². The van der Waals surface area contributed by atoms with Crippen LogP contribution in [0.15, 0.2) is 29.2 Å². The molecule has 0 radical (unpaired) electrons. The van der Waals surface area contributed by atoms with E-state index in [-0.39, 0.29) is 30.3 Å². The number of alkyl halides is 2. The van der Waals surface area contributed by atoms with Gasteiger partial charge in [-0.2, -0.15) is 0 Å². The zero-order chi connectivity index (χ0) is 15.9. The Kier molecular flexibility index (Phi) is 7.16. The molecule has 0 fully saturated rings. The van der Waals surface area contributed by atoms with Gasteiger partial charge in [-0.1, -0.05) is 12.1 Å². The molecular weight excluding hydrogens is 302 g/mol. The summed E-state index contributed by atoms with van der Waals surface area (Å²) in [5.74, 6) is -0.276. The second-order valence-electron chi connectivity index (χ2n) is 4.58. The molecule has 120 valence electrons. The highest BCUT2D eigenvalue weighted by molar-refractivity contribution is 7.91. The molecule has 1 aromatic rings.